The summed E-state index contributed by atoms with van der Waals surface area (Å²) in [4.78, 5) is 26.6. The first-order valence-electron chi connectivity index (χ1n) is 12.8. The van der Waals surface area contributed by atoms with Gasteiger partial charge in [-0.15, -0.1) is 0 Å². The van der Waals surface area contributed by atoms with Crippen LogP contribution in [0.25, 0.3) is 11.3 Å². The Morgan fingerprint density at radius 3 is 2.27 bits per heavy atom. The van der Waals surface area contributed by atoms with Gasteiger partial charge in [-0.3, -0.25) is 14.3 Å². The van der Waals surface area contributed by atoms with Crippen LogP contribution in [-0.4, -0.2) is 47.9 Å². The Hall–Kier alpha value is -3.81. The first-order valence-corrected chi connectivity index (χ1v) is 12.8. The van der Waals surface area contributed by atoms with E-state index < -0.39 is 11.9 Å². The normalized spacial score (nSPS) is 14.1. The standard InChI is InChI=1S/C29H36N4O4/c1-19(2)18-33-24(27-25(36-3)14-9-15-26(27)37-4)17-23(32-33)29(35)31-22(16-20-10-6-5-7-11-20)28(34)30-21-12-8-13-21/h5-7,9-11,14-15,17,19,21-22H,8,12-13,16,18H2,1-4H3,(H,30,34)(H,31,35). The van der Waals surface area contributed by atoms with E-state index >= 15 is 0 Å². The van der Waals surface area contributed by atoms with Crippen molar-refractivity contribution in [2.75, 3.05) is 14.2 Å². The fourth-order valence-corrected chi connectivity index (χ4v) is 4.46. The maximum absolute atomic E-state index is 13.5. The topological polar surface area (TPSA) is 94.5 Å². The largest absolute Gasteiger partial charge is 0.496 e. The van der Waals surface area contributed by atoms with Gasteiger partial charge in [0, 0.05) is 19.0 Å². The number of methoxy groups -OCH3 is 2. The van der Waals surface area contributed by atoms with Crippen molar-refractivity contribution in [1.82, 2.24) is 20.4 Å². The minimum atomic E-state index is -0.713. The molecule has 1 saturated carbocycles. The van der Waals surface area contributed by atoms with Crippen molar-refractivity contribution in [3.63, 3.8) is 0 Å². The number of aromatic nitrogens is 2. The molecule has 4 rings (SSSR count). The second kappa shape index (κ2) is 12.0. The van der Waals surface area contributed by atoms with Crippen LogP contribution in [0.3, 0.4) is 0 Å². The molecule has 0 spiro atoms. The molecule has 0 aliphatic heterocycles. The van der Waals surface area contributed by atoms with Crippen molar-refractivity contribution < 1.29 is 19.1 Å². The highest BCUT2D eigenvalue weighted by Crippen LogP contribution is 2.38. The molecule has 2 aromatic carbocycles. The van der Waals surface area contributed by atoms with Crippen molar-refractivity contribution >= 4 is 11.8 Å². The van der Waals surface area contributed by atoms with E-state index in [1.165, 1.54) is 0 Å². The van der Waals surface area contributed by atoms with Crippen LogP contribution in [0.1, 0.15) is 49.2 Å². The van der Waals surface area contributed by atoms with Gasteiger partial charge < -0.3 is 20.1 Å². The highest BCUT2D eigenvalue weighted by Gasteiger charge is 2.28. The zero-order valence-corrected chi connectivity index (χ0v) is 22.0. The Morgan fingerprint density at radius 2 is 1.70 bits per heavy atom. The maximum atomic E-state index is 13.5. The van der Waals surface area contributed by atoms with Crippen LogP contribution in [0, 0.1) is 5.92 Å². The summed E-state index contributed by atoms with van der Waals surface area (Å²) in [5.41, 5.74) is 2.65. The third kappa shape index (κ3) is 6.31. The molecule has 0 saturated heterocycles. The molecule has 0 radical (unpaired) electrons. The number of hydrogen-bond donors (Lipinski definition) is 2. The molecule has 1 aliphatic carbocycles. The Kier molecular flexibility index (Phi) is 8.48. The van der Waals surface area contributed by atoms with E-state index in [4.69, 9.17) is 9.47 Å². The number of ether oxygens (including phenoxy) is 2. The zero-order valence-electron chi connectivity index (χ0n) is 22.0. The van der Waals surface area contributed by atoms with E-state index in [9.17, 15) is 9.59 Å². The molecule has 196 valence electrons. The fourth-order valence-electron chi connectivity index (χ4n) is 4.46. The second-order valence-electron chi connectivity index (χ2n) is 9.88. The first kappa shape index (κ1) is 26.3. The Bertz CT molecular complexity index is 1200. The van der Waals surface area contributed by atoms with E-state index in [1.807, 2.05) is 48.5 Å². The summed E-state index contributed by atoms with van der Waals surface area (Å²) in [5.74, 6) is 0.961. The van der Waals surface area contributed by atoms with Crippen LogP contribution >= 0.6 is 0 Å². The molecule has 3 aromatic rings. The Labute approximate surface area is 218 Å². The molecular formula is C29H36N4O4. The van der Waals surface area contributed by atoms with Gasteiger partial charge in [0.25, 0.3) is 5.91 Å². The van der Waals surface area contributed by atoms with E-state index in [2.05, 4.69) is 29.6 Å². The molecule has 1 heterocycles. The highest BCUT2D eigenvalue weighted by atomic mass is 16.5. The van der Waals surface area contributed by atoms with E-state index in [-0.39, 0.29) is 23.6 Å². The van der Waals surface area contributed by atoms with E-state index in [0.29, 0.717) is 30.2 Å². The molecule has 2 N–H and O–H groups in total. The molecule has 1 unspecified atom stereocenters. The number of amides is 2. The number of benzene rings is 2. The van der Waals surface area contributed by atoms with Crippen molar-refractivity contribution in [2.24, 2.45) is 5.92 Å². The molecule has 8 heteroatoms. The summed E-state index contributed by atoms with van der Waals surface area (Å²) in [6, 6.07) is 16.5. The van der Waals surface area contributed by atoms with Crippen molar-refractivity contribution in [2.45, 2.75) is 58.2 Å². The molecule has 2 amide bonds. The number of nitrogens with one attached hydrogen (secondary N) is 2. The van der Waals surface area contributed by atoms with Gasteiger partial charge >= 0.3 is 0 Å². The van der Waals surface area contributed by atoms with Crippen LogP contribution in [0.2, 0.25) is 0 Å². The predicted octanol–water partition coefficient (Wildman–Crippen LogP) is 4.23. The first-order chi connectivity index (χ1) is 17.9. The summed E-state index contributed by atoms with van der Waals surface area (Å²) in [6.45, 7) is 4.77. The third-order valence-corrected chi connectivity index (χ3v) is 6.59. The lowest BCUT2D eigenvalue weighted by atomic mass is 9.92. The van der Waals surface area contributed by atoms with Gasteiger partial charge in [-0.2, -0.15) is 5.10 Å². The van der Waals surface area contributed by atoms with Crippen molar-refractivity contribution in [3.05, 3.63) is 65.9 Å². The molecule has 1 fully saturated rings. The highest BCUT2D eigenvalue weighted by molar-refractivity contribution is 5.97. The predicted molar refractivity (Wildman–Crippen MR) is 143 cm³/mol. The van der Waals surface area contributed by atoms with Gasteiger partial charge in [0.2, 0.25) is 5.91 Å². The minimum absolute atomic E-state index is 0.171. The average Bonchev–Trinajstić information content (AvgIpc) is 3.28. The molecule has 1 aromatic heterocycles. The van der Waals surface area contributed by atoms with Crippen LogP contribution in [0.15, 0.2) is 54.6 Å². The van der Waals surface area contributed by atoms with Gasteiger partial charge in [0.1, 0.15) is 17.5 Å². The summed E-state index contributed by atoms with van der Waals surface area (Å²) < 4.78 is 13.0. The SMILES string of the molecule is COc1cccc(OC)c1-c1cc(C(=O)NC(Cc2ccccc2)C(=O)NC2CCC2)nn1CC(C)C. The van der Waals surface area contributed by atoms with Gasteiger partial charge in [-0.25, -0.2) is 0 Å². The summed E-state index contributed by atoms with van der Waals surface area (Å²) >= 11 is 0. The number of nitrogens with zero attached hydrogens (tertiary/aromatic N) is 2. The minimum Gasteiger partial charge on any atom is -0.496 e. The van der Waals surface area contributed by atoms with Gasteiger partial charge in [0.15, 0.2) is 5.69 Å². The summed E-state index contributed by atoms with van der Waals surface area (Å²) in [7, 11) is 3.20. The molecule has 37 heavy (non-hydrogen) atoms. The quantitative estimate of drug-likeness (QED) is 0.408. The monoisotopic (exact) mass is 504 g/mol. The van der Waals surface area contributed by atoms with E-state index in [0.717, 1.165) is 30.4 Å². The zero-order chi connectivity index (χ0) is 26.4. The van der Waals surface area contributed by atoms with Gasteiger partial charge in [-0.1, -0.05) is 50.2 Å². The summed E-state index contributed by atoms with van der Waals surface area (Å²) in [6.07, 6.45) is 3.46. The average molecular weight is 505 g/mol. The van der Waals surface area contributed by atoms with E-state index in [1.54, 1.807) is 25.0 Å². The maximum Gasteiger partial charge on any atom is 0.272 e. The van der Waals surface area contributed by atoms with Crippen LogP contribution in [0.5, 0.6) is 11.5 Å². The van der Waals surface area contributed by atoms with Gasteiger partial charge in [-0.05, 0) is 48.9 Å². The van der Waals surface area contributed by atoms with Crippen molar-refractivity contribution in [1.29, 1.82) is 0 Å². The lowest BCUT2D eigenvalue weighted by Gasteiger charge is -2.29. The summed E-state index contributed by atoms with van der Waals surface area (Å²) in [5, 5.41) is 10.7. The lowest BCUT2D eigenvalue weighted by molar-refractivity contribution is -0.124. The number of rotatable bonds is 11. The van der Waals surface area contributed by atoms with Crippen LogP contribution in [-0.2, 0) is 17.8 Å². The van der Waals surface area contributed by atoms with Crippen LogP contribution in [0.4, 0.5) is 0 Å². The molecular weight excluding hydrogens is 468 g/mol. The molecule has 0 bridgehead atoms. The molecule has 1 atom stereocenters. The fraction of sp³-hybridized carbons (Fsp3) is 0.414. The van der Waals surface area contributed by atoms with Gasteiger partial charge in [0.05, 0.1) is 25.5 Å². The Balaban J connectivity index is 1.65. The molecule has 1 aliphatic rings. The Morgan fingerprint density at radius 1 is 1.03 bits per heavy atom. The second-order valence-corrected chi connectivity index (χ2v) is 9.88. The van der Waals surface area contributed by atoms with Crippen LogP contribution < -0.4 is 20.1 Å². The molecule has 8 nitrogen and oxygen atoms in total. The number of carbonyl (C=O) groups is 2. The third-order valence-electron chi connectivity index (χ3n) is 6.59. The number of carbonyl (C=O) groups excluding carboxylic acids is 2. The number of hydrogen-bond acceptors (Lipinski definition) is 5. The lowest BCUT2D eigenvalue weighted by Crippen LogP contribution is -2.52. The smallest absolute Gasteiger partial charge is 0.272 e. The van der Waals surface area contributed by atoms with Crippen molar-refractivity contribution in [3.8, 4) is 22.8 Å².